The minimum atomic E-state index is 0.238. The lowest BCUT2D eigenvalue weighted by Crippen LogP contribution is -2.17. The van der Waals surface area contributed by atoms with Crippen LogP contribution in [0.3, 0.4) is 0 Å². The molecule has 20 heavy (non-hydrogen) atoms. The lowest BCUT2D eigenvalue weighted by atomic mass is 10.2. The molecule has 0 spiro atoms. The maximum Gasteiger partial charge on any atom is 0.161 e. The molecular weight excluding hydrogens is 272 g/mol. The molecule has 0 radical (unpaired) electrons. The molecule has 108 valence electrons. The summed E-state index contributed by atoms with van der Waals surface area (Å²) in [6, 6.07) is 6.19. The van der Waals surface area contributed by atoms with Gasteiger partial charge in [-0.3, -0.25) is 0 Å². The molecule has 1 atom stereocenters. The number of nitrogens with zero attached hydrogens (tertiary/aromatic N) is 1. The lowest BCUT2D eigenvalue weighted by molar-refractivity contribution is 0.354. The highest BCUT2D eigenvalue weighted by Crippen LogP contribution is 2.28. The van der Waals surface area contributed by atoms with Crippen molar-refractivity contribution in [1.29, 1.82) is 0 Å². The summed E-state index contributed by atoms with van der Waals surface area (Å²) in [4.78, 5) is 5.64. The van der Waals surface area contributed by atoms with Crippen LogP contribution in [0.25, 0.3) is 0 Å². The molecule has 2 aromatic rings. The number of nitrogens with one attached hydrogen (secondary N) is 1. The van der Waals surface area contributed by atoms with Gasteiger partial charge in [-0.2, -0.15) is 0 Å². The van der Waals surface area contributed by atoms with Gasteiger partial charge in [0.15, 0.2) is 11.5 Å². The molecule has 1 N–H and O–H groups in total. The van der Waals surface area contributed by atoms with Gasteiger partial charge in [-0.25, -0.2) is 4.98 Å². The van der Waals surface area contributed by atoms with E-state index in [0.717, 1.165) is 28.6 Å². The van der Waals surface area contributed by atoms with E-state index in [1.165, 1.54) is 4.88 Å². The standard InChI is InChI=1S/C15H20N2O2S/c1-10-8-17-15(20-10)11(2)16-9-12-5-6-13(18-3)14(7-12)19-4/h5-8,11,16H,9H2,1-4H3. The summed E-state index contributed by atoms with van der Waals surface area (Å²) >= 11 is 1.73. The van der Waals surface area contributed by atoms with Crippen LogP contribution in [0, 0.1) is 6.92 Å². The Hall–Kier alpha value is -1.59. The maximum atomic E-state index is 5.31. The summed E-state index contributed by atoms with van der Waals surface area (Å²) in [6.07, 6.45) is 1.91. The molecular formula is C15H20N2O2S. The fourth-order valence-corrected chi connectivity index (χ4v) is 2.72. The number of aryl methyl sites for hydroxylation is 1. The van der Waals surface area contributed by atoms with Crippen molar-refractivity contribution in [1.82, 2.24) is 10.3 Å². The van der Waals surface area contributed by atoms with Gasteiger partial charge in [0.2, 0.25) is 0 Å². The summed E-state index contributed by atoms with van der Waals surface area (Å²) in [6.45, 7) is 4.96. The summed E-state index contributed by atoms with van der Waals surface area (Å²) in [7, 11) is 3.29. The fourth-order valence-electron chi connectivity index (χ4n) is 1.92. The van der Waals surface area contributed by atoms with E-state index in [2.05, 4.69) is 24.1 Å². The summed E-state index contributed by atoms with van der Waals surface area (Å²) in [5, 5.41) is 4.58. The molecule has 2 rings (SSSR count). The van der Waals surface area contributed by atoms with Gasteiger partial charge in [0.1, 0.15) is 5.01 Å². The first kappa shape index (κ1) is 14.8. The SMILES string of the molecule is COc1ccc(CNC(C)c2ncc(C)s2)cc1OC. The molecule has 0 bridgehead atoms. The average molecular weight is 292 g/mol. The number of methoxy groups -OCH3 is 2. The maximum absolute atomic E-state index is 5.31. The van der Waals surface area contributed by atoms with E-state index in [0.29, 0.717) is 0 Å². The Morgan fingerprint density at radius 2 is 2.00 bits per heavy atom. The van der Waals surface area contributed by atoms with Crippen molar-refractivity contribution in [2.24, 2.45) is 0 Å². The Kier molecular flexibility index (Phi) is 4.98. The third kappa shape index (κ3) is 3.49. The molecule has 0 aliphatic carbocycles. The van der Waals surface area contributed by atoms with E-state index >= 15 is 0 Å². The van der Waals surface area contributed by atoms with Crippen LogP contribution in [-0.2, 0) is 6.54 Å². The van der Waals surface area contributed by atoms with Crippen LogP contribution in [0.5, 0.6) is 11.5 Å². The molecule has 1 aromatic heterocycles. The Labute approximate surface area is 123 Å². The highest BCUT2D eigenvalue weighted by molar-refractivity contribution is 7.11. The van der Waals surface area contributed by atoms with Crippen LogP contribution in [0.1, 0.15) is 28.4 Å². The van der Waals surface area contributed by atoms with Gasteiger partial charge in [0.05, 0.1) is 20.3 Å². The van der Waals surface area contributed by atoms with E-state index in [1.807, 2.05) is 24.4 Å². The quantitative estimate of drug-likeness (QED) is 0.887. The molecule has 0 aliphatic rings. The highest BCUT2D eigenvalue weighted by Gasteiger charge is 2.10. The molecule has 1 heterocycles. The second-order valence-electron chi connectivity index (χ2n) is 4.60. The van der Waals surface area contributed by atoms with Crippen molar-refractivity contribution < 1.29 is 9.47 Å². The fraction of sp³-hybridized carbons (Fsp3) is 0.400. The Balaban J connectivity index is 2.00. The zero-order chi connectivity index (χ0) is 14.5. The zero-order valence-electron chi connectivity index (χ0n) is 12.3. The lowest BCUT2D eigenvalue weighted by Gasteiger charge is -2.13. The smallest absolute Gasteiger partial charge is 0.161 e. The molecule has 1 unspecified atom stereocenters. The molecule has 0 aliphatic heterocycles. The van der Waals surface area contributed by atoms with Crippen LogP contribution < -0.4 is 14.8 Å². The largest absolute Gasteiger partial charge is 0.493 e. The Morgan fingerprint density at radius 1 is 1.25 bits per heavy atom. The van der Waals surface area contributed by atoms with Crippen LogP contribution >= 0.6 is 11.3 Å². The number of rotatable bonds is 6. The summed E-state index contributed by atoms with van der Waals surface area (Å²) < 4.78 is 10.5. The second kappa shape index (κ2) is 6.72. The monoisotopic (exact) mass is 292 g/mol. The van der Waals surface area contributed by atoms with Gasteiger partial charge < -0.3 is 14.8 Å². The number of thiazole rings is 1. The topological polar surface area (TPSA) is 43.4 Å². The van der Waals surface area contributed by atoms with Crippen molar-refractivity contribution >= 4 is 11.3 Å². The van der Waals surface area contributed by atoms with E-state index in [4.69, 9.17) is 9.47 Å². The van der Waals surface area contributed by atoms with Crippen molar-refractivity contribution in [3.8, 4) is 11.5 Å². The van der Waals surface area contributed by atoms with Crippen LogP contribution in [0.4, 0.5) is 0 Å². The predicted molar refractivity (Wildman–Crippen MR) is 81.7 cm³/mol. The second-order valence-corrected chi connectivity index (χ2v) is 5.87. The Morgan fingerprint density at radius 3 is 2.60 bits per heavy atom. The van der Waals surface area contributed by atoms with E-state index in [9.17, 15) is 0 Å². The van der Waals surface area contributed by atoms with Gasteiger partial charge >= 0.3 is 0 Å². The molecule has 1 aromatic carbocycles. The minimum Gasteiger partial charge on any atom is -0.493 e. The number of hydrogen-bond acceptors (Lipinski definition) is 5. The van der Waals surface area contributed by atoms with Gasteiger partial charge in [-0.15, -0.1) is 11.3 Å². The van der Waals surface area contributed by atoms with E-state index < -0.39 is 0 Å². The van der Waals surface area contributed by atoms with Crippen molar-refractivity contribution in [2.75, 3.05) is 14.2 Å². The average Bonchev–Trinajstić information content (AvgIpc) is 2.91. The van der Waals surface area contributed by atoms with E-state index in [1.54, 1.807) is 25.6 Å². The van der Waals surface area contributed by atoms with Gasteiger partial charge in [0, 0.05) is 17.6 Å². The molecule has 0 saturated carbocycles. The van der Waals surface area contributed by atoms with Crippen molar-refractivity contribution in [3.63, 3.8) is 0 Å². The minimum absolute atomic E-state index is 0.238. The zero-order valence-corrected chi connectivity index (χ0v) is 13.1. The molecule has 0 fully saturated rings. The van der Waals surface area contributed by atoms with Gasteiger partial charge in [-0.05, 0) is 31.5 Å². The first-order valence-corrected chi connectivity index (χ1v) is 7.32. The van der Waals surface area contributed by atoms with Crippen LogP contribution in [0.15, 0.2) is 24.4 Å². The third-order valence-electron chi connectivity index (χ3n) is 3.07. The number of hydrogen-bond donors (Lipinski definition) is 1. The van der Waals surface area contributed by atoms with Gasteiger partial charge in [0.25, 0.3) is 0 Å². The van der Waals surface area contributed by atoms with Crippen LogP contribution in [0.2, 0.25) is 0 Å². The van der Waals surface area contributed by atoms with Crippen LogP contribution in [-0.4, -0.2) is 19.2 Å². The number of ether oxygens (including phenoxy) is 2. The molecule has 5 heteroatoms. The van der Waals surface area contributed by atoms with Crippen molar-refractivity contribution in [2.45, 2.75) is 26.4 Å². The third-order valence-corrected chi connectivity index (χ3v) is 4.17. The number of aromatic nitrogens is 1. The normalized spacial score (nSPS) is 12.2. The first-order valence-electron chi connectivity index (χ1n) is 6.50. The predicted octanol–water partition coefficient (Wildman–Crippen LogP) is 3.32. The van der Waals surface area contributed by atoms with Gasteiger partial charge in [-0.1, -0.05) is 6.07 Å². The highest BCUT2D eigenvalue weighted by atomic mass is 32.1. The molecule has 0 amide bonds. The number of benzene rings is 1. The summed E-state index contributed by atoms with van der Waals surface area (Å²) in [5.74, 6) is 1.50. The molecule has 0 saturated heterocycles. The summed E-state index contributed by atoms with van der Waals surface area (Å²) in [5.41, 5.74) is 1.16. The Bertz CT molecular complexity index is 569. The first-order chi connectivity index (χ1) is 9.63. The van der Waals surface area contributed by atoms with E-state index in [-0.39, 0.29) is 6.04 Å². The van der Waals surface area contributed by atoms with Crippen molar-refractivity contribution in [3.05, 3.63) is 39.8 Å². The molecule has 4 nitrogen and oxygen atoms in total.